The van der Waals surface area contributed by atoms with Gasteiger partial charge in [0.25, 0.3) is 5.91 Å². The Morgan fingerprint density at radius 2 is 2.05 bits per heavy atom. The van der Waals surface area contributed by atoms with Gasteiger partial charge in [0.15, 0.2) is 5.69 Å². The van der Waals surface area contributed by atoms with E-state index in [1.54, 1.807) is 24.3 Å². The minimum Gasteiger partial charge on any atom is -0.325 e. The molecule has 0 atom stereocenters. The van der Waals surface area contributed by atoms with Crippen LogP contribution in [0.4, 0.5) is 13.2 Å². The number of nitrogens with one attached hydrogen (secondary N) is 1. The van der Waals surface area contributed by atoms with Crippen molar-refractivity contribution in [3.05, 3.63) is 30.0 Å². The molecule has 1 N–H and O–H groups in total. The quantitative estimate of drug-likeness (QED) is 0.941. The molecule has 1 aliphatic rings. The molecule has 0 saturated heterocycles. The van der Waals surface area contributed by atoms with E-state index in [9.17, 15) is 18.0 Å². The number of halogens is 3. The molecule has 1 saturated carbocycles. The molecule has 7 heteroatoms. The van der Waals surface area contributed by atoms with Gasteiger partial charge in [-0.2, -0.15) is 18.3 Å². The zero-order valence-electron chi connectivity index (χ0n) is 10.4. The van der Waals surface area contributed by atoms with E-state index in [0.717, 1.165) is 4.90 Å². The minimum atomic E-state index is -4.40. The monoisotopic (exact) mass is 283 g/mol. The van der Waals surface area contributed by atoms with E-state index in [0.29, 0.717) is 23.7 Å². The summed E-state index contributed by atoms with van der Waals surface area (Å²) in [7, 11) is 0. The van der Waals surface area contributed by atoms with E-state index in [1.165, 1.54) is 0 Å². The summed E-state index contributed by atoms with van der Waals surface area (Å²) >= 11 is 0. The number of H-pyrrole nitrogens is 1. The van der Waals surface area contributed by atoms with E-state index in [-0.39, 0.29) is 11.7 Å². The molecular formula is C13H12F3N3O. The predicted octanol–water partition coefficient (Wildman–Crippen LogP) is 2.73. The lowest BCUT2D eigenvalue weighted by molar-refractivity contribution is -0.141. The number of hydrogen-bond acceptors (Lipinski definition) is 2. The molecule has 1 fully saturated rings. The molecule has 1 aliphatic carbocycles. The number of fused-ring (bicyclic) bond motifs is 1. The summed E-state index contributed by atoms with van der Waals surface area (Å²) in [5.74, 6) is -0.665. The van der Waals surface area contributed by atoms with Crippen LogP contribution in [0.2, 0.25) is 0 Å². The van der Waals surface area contributed by atoms with Crippen LogP contribution in [0.15, 0.2) is 24.3 Å². The number of rotatable bonds is 3. The zero-order chi connectivity index (χ0) is 14.3. The SMILES string of the molecule is O=C(c1n[nH]c2ccccc12)N(CC(F)(F)F)C1CC1. The number of alkyl halides is 3. The molecule has 0 radical (unpaired) electrons. The molecule has 1 heterocycles. The largest absolute Gasteiger partial charge is 0.406 e. The van der Waals surface area contributed by atoms with Gasteiger partial charge in [-0.25, -0.2) is 0 Å². The first-order valence-corrected chi connectivity index (χ1v) is 6.26. The van der Waals surface area contributed by atoms with Crippen molar-refractivity contribution in [3.8, 4) is 0 Å². The summed E-state index contributed by atoms with van der Waals surface area (Å²) in [6.07, 6.45) is -3.17. The highest BCUT2D eigenvalue weighted by Crippen LogP contribution is 2.32. The summed E-state index contributed by atoms with van der Waals surface area (Å²) in [4.78, 5) is 13.2. The fourth-order valence-electron chi connectivity index (χ4n) is 2.21. The molecule has 20 heavy (non-hydrogen) atoms. The number of amides is 1. The zero-order valence-corrected chi connectivity index (χ0v) is 10.4. The molecule has 1 amide bonds. The molecule has 2 aromatic rings. The maximum Gasteiger partial charge on any atom is 0.406 e. The van der Waals surface area contributed by atoms with Crippen LogP contribution in [0.3, 0.4) is 0 Å². The van der Waals surface area contributed by atoms with Crippen molar-refractivity contribution >= 4 is 16.8 Å². The number of hydrogen-bond donors (Lipinski definition) is 1. The fraction of sp³-hybridized carbons (Fsp3) is 0.385. The molecule has 4 nitrogen and oxygen atoms in total. The fourth-order valence-corrected chi connectivity index (χ4v) is 2.21. The van der Waals surface area contributed by atoms with Crippen molar-refractivity contribution in [3.63, 3.8) is 0 Å². The Bertz CT molecular complexity index is 646. The van der Waals surface area contributed by atoms with Gasteiger partial charge < -0.3 is 4.90 Å². The molecule has 0 unspecified atom stereocenters. The topological polar surface area (TPSA) is 49.0 Å². The molecule has 0 spiro atoms. The second kappa shape index (κ2) is 4.50. The van der Waals surface area contributed by atoms with Crippen molar-refractivity contribution in [2.75, 3.05) is 6.54 Å². The Labute approximate surface area is 112 Å². The van der Waals surface area contributed by atoms with Crippen molar-refractivity contribution in [2.24, 2.45) is 0 Å². The molecule has 1 aromatic heterocycles. The number of benzene rings is 1. The molecule has 1 aromatic carbocycles. The highest BCUT2D eigenvalue weighted by molar-refractivity contribution is 6.04. The first-order chi connectivity index (χ1) is 9.46. The van der Waals surface area contributed by atoms with Crippen molar-refractivity contribution in [1.82, 2.24) is 15.1 Å². The van der Waals surface area contributed by atoms with Gasteiger partial charge in [0.05, 0.1) is 5.52 Å². The van der Waals surface area contributed by atoms with Crippen LogP contribution in [-0.2, 0) is 0 Å². The van der Waals surface area contributed by atoms with Gasteiger partial charge >= 0.3 is 6.18 Å². The lowest BCUT2D eigenvalue weighted by Gasteiger charge is -2.22. The Hall–Kier alpha value is -2.05. The number of para-hydroxylation sites is 1. The van der Waals surface area contributed by atoms with Crippen LogP contribution >= 0.6 is 0 Å². The first-order valence-electron chi connectivity index (χ1n) is 6.26. The highest BCUT2D eigenvalue weighted by Gasteiger charge is 2.41. The molecular weight excluding hydrogens is 271 g/mol. The van der Waals surface area contributed by atoms with Gasteiger partial charge in [0, 0.05) is 11.4 Å². The van der Waals surface area contributed by atoms with Crippen LogP contribution in [-0.4, -0.2) is 39.8 Å². The minimum absolute atomic E-state index is 0.0525. The number of carbonyl (C=O) groups excluding carboxylic acids is 1. The molecule has 0 bridgehead atoms. The van der Waals surface area contributed by atoms with E-state index in [4.69, 9.17) is 0 Å². The normalized spacial score (nSPS) is 15.6. The van der Waals surface area contributed by atoms with Crippen LogP contribution in [0, 0.1) is 0 Å². The van der Waals surface area contributed by atoms with Gasteiger partial charge in [0.2, 0.25) is 0 Å². The Kier molecular flexibility index (Phi) is 2.92. The predicted molar refractivity (Wildman–Crippen MR) is 66.2 cm³/mol. The second-order valence-corrected chi connectivity index (χ2v) is 4.90. The number of nitrogens with zero attached hydrogens (tertiary/aromatic N) is 2. The average Bonchev–Trinajstić information content (AvgIpc) is 3.13. The Morgan fingerprint density at radius 3 is 2.70 bits per heavy atom. The summed E-state index contributed by atoms with van der Waals surface area (Å²) in [5.41, 5.74) is 0.690. The Balaban J connectivity index is 1.93. The van der Waals surface area contributed by atoms with Crippen molar-refractivity contribution in [1.29, 1.82) is 0 Å². The summed E-state index contributed by atoms with van der Waals surface area (Å²) < 4.78 is 37.8. The van der Waals surface area contributed by atoms with E-state index in [2.05, 4.69) is 10.2 Å². The third-order valence-electron chi connectivity index (χ3n) is 3.27. The van der Waals surface area contributed by atoms with Crippen molar-refractivity contribution in [2.45, 2.75) is 25.1 Å². The summed E-state index contributed by atoms with van der Waals surface area (Å²) in [5, 5.41) is 7.09. The maximum absolute atomic E-state index is 12.6. The second-order valence-electron chi connectivity index (χ2n) is 4.90. The third kappa shape index (κ3) is 2.48. The molecule has 3 rings (SSSR count). The first kappa shape index (κ1) is 13.0. The number of aromatic nitrogens is 2. The van der Waals surface area contributed by atoms with Gasteiger partial charge in [-0.1, -0.05) is 18.2 Å². The lowest BCUT2D eigenvalue weighted by atomic mass is 10.2. The van der Waals surface area contributed by atoms with Crippen LogP contribution in [0.5, 0.6) is 0 Å². The number of aromatic amines is 1. The smallest absolute Gasteiger partial charge is 0.325 e. The Morgan fingerprint density at radius 1 is 1.35 bits per heavy atom. The van der Waals surface area contributed by atoms with Gasteiger partial charge in [-0.05, 0) is 18.9 Å². The third-order valence-corrected chi connectivity index (χ3v) is 3.27. The van der Waals surface area contributed by atoms with E-state index < -0.39 is 18.6 Å². The van der Waals surface area contributed by atoms with Gasteiger partial charge in [-0.15, -0.1) is 0 Å². The molecule has 0 aliphatic heterocycles. The summed E-state index contributed by atoms with van der Waals surface area (Å²) in [6.45, 7) is -1.22. The van der Waals surface area contributed by atoms with Crippen molar-refractivity contribution < 1.29 is 18.0 Å². The van der Waals surface area contributed by atoms with Crippen LogP contribution in [0.1, 0.15) is 23.3 Å². The van der Waals surface area contributed by atoms with E-state index in [1.807, 2.05) is 0 Å². The molecule has 106 valence electrons. The maximum atomic E-state index is 12.6. The lowest BCUT2D eigenvalue weighted by Crippen LogP contribution is -2.40. The standard InChI is InChI=1S/C13H12F3N3O/c14-13(15,16)7-19(8-5-6-8)12(20)11-9-3-1-2-4-10(9)17-18-11/h1-4,8H,5-7H2,(H,17,18). The number of carbonyl (C=O) groups is 1. The van der Waals surface area contributed by atoms with E-state index >= 15 is 0 Å². The van der Waals surface area contributed by atoms with Gasteiger partial charge in [-0.3, -0.25) is 9.89 Å². The highest BCUT2D eigenvalue weighted by atomic mass is 19.4. The average molecular weight is 283 g/mol. The summed E-state index contributed by atoms with van der Waals surface area (Å²) in [6, 6.07) is 6.57. The van der Waals surface area contributed by atoms with Gasteiger partial charge in [0.1, 0.15) is 6.54 Å². The van der Waals surface area contributed by atoms with Crippen LogP contribution in [0.25, 0.3) is 10.9 Å². The van der Waals surface area contributed by atoms with Crippen LogP contribution < -0.4 is 0 Å².